The highest BCUT2D eigenvalue weighted by Crippen LogP contribution is 2.27. The fourth-order valence-electron chi connectivity index (χ4n) is 4.42. The van der Waals surface area contributed by atoms with E-state index in [2.05, 4.69) is 41.5 Å². The standard InChI is InChI=1S/C28H32N6O2/c1-20-4-6-21(7-5-20)17-26(35)29-24-10-8-23(9-11-24)27-30-28(33-12-14-36-15-13-33)25-16-22(18-32(2)3)19-34(25)31-27/h4-11,16,19H,12-15,17-18H2,1-3H3,(H,29,35). The largest absolute Gasteiger partial charge is 0.378 e. The molecule has 3 heterocycles. The van der Waals surface area contributed by atoms with Crippen molar-refractivity contribution in [3.8, 4) is 11.4 Å². The third kappa shape index (κ3) is 5.56. The molecule has 1 fully saturated rings. The summed E-state index contributed by atoms with van der Waals surface area (Å²) in [6.07, 6.45) is 2.41. The van der Waals surface area contributed by atoms with E-state index >= 15 is 0 Å². The van der Waals surface area contributed by atoms with Crippen LogP contribution in [0.15, 0.2) is 60.8 Å². The minimum Gasteiger partial charge on any atom is -0.378 e. The Labute approximate surface area is 211 Å². The number of hydrogen-bond donors (Lipinski definition) is 1. The van der Waals surface area contributed by atoms with Gasteiger partial charge in [0.05, 0.1) is 19.6 Å². The fourth-order valence-corrected chi connectivity index (χ4v) is 4.42. The number of rotatable bonds is 7. The second kappa shape index (κ2) is 10.5. The number of carbonyl (C=O) groups excluding carboxylic acids is 1. The number of anilines is 2. The first kappa shape index (κ1) is 24.0. The molecule has 36 heavy (non-hydrogen) atoms. The summed E-state index contributed by atoms with van der Waals surface area (Å²) in [4.78, 5) is 21.9. The van der Waals surface area contributed by atoms with Gasteiger partial charge in [0.1, 0.15) is 5.52 Å². The number of benzene rings is 2. The molecule has 0 saturated carbocycles. The van der Waals surface area contributed by atoms with E-state index in [-0.39, 0.29) is 5.91 Å². The van der Waals surface area contributed by atoms with Gasteiger partial charge in [-0.2, -0.15) is 0 Å². The van der Waals surface area contributed by atoms with Crippen molar-refractivity contribution in [2.75, 3.05) is 50.6 Å². The average molecular weight is 485 g/mol. The Morgan fingerprint density at radius 1 is 1.03 bits per heavy atom. The van der Waals surface area contributed by atoms with E-state index in [0.717, 1.165) is 47.8 Å². The van der Waals surface area contributed by atoms with E-state index in [1.54, 1.807) is 0 Å². The van der Waals surface area contributed by atoms with Crippen LogP contribution in [0.2, 0.25) is 0 Å². The van der Waals surface area contributed by atoms with Gasteiger partial charge < -0.3 is 19.9 Å². The first-order valence-corrected chi connectivity index (χ1v) is 12.3. The maximum absolute atomic E-state index is 12.5. The Balaban J connectivity index is 1.38. The predicted molar refractivity (Wildman–Crippen MR) is 142 cm³/mol. The summed E-state index contributed by atoms with van der Waals surface area (Å²) < 4.78 is 7.49. The number of ether oxygens (including phenoxy) is 1. The molecule has 1 N–H and O–H groups in total. The Hall–Kier alpha value is -3.75. The molecule has 5 rings (SSSR count). The molecule has 1 saturated heterocycles. The molecular formula is C28H32N6O2. The van der Waals surface area contributed by atoms with Crippen molar-refractivity contribution in [1.82, 2.24) is 19.5 Å². The molecule has 8 nitrogen and oxygen atoms in total. The number of hydrogen-bond acceptors (Lipinski definition) is 6. The summed E-state index contributed by atoms with van der Waals surface area (Å²) in [6, 6.07) is 17.9. The number of nitrogens with one attached hydrogen (secondary N) is 1. The maximum atomic E-state index is 12.5. The van der Waals surface area contributed by atoms with Gasteiger partial charge in [-0.3, -0.25) is 4.79 Å². The number of aromatic nitrogens is 3. The smallest absolute Gasteiger partial charge is 0.228 e. The van der Waals surface area contributed by atoms with E-state index in [4.69, 9.17) is 14.8 Å². The lowest BCUT2D eigenvalue weighted by atomic mass is 10.1. The first-order valence-electron chi connectivity index (χ1n) is 12.3. The van der Waals surface area contributed by atoms with Crippen LogP contribution in [0.4, 0.5) is 11.5 Å². The van der Waals surface area contributed by atoms with Crippen LogP contribution < -0.4 is 10.2 Å². The Bertz CT molecular complexity index is 1340. The Kier molecular flexibility index (Phi) is 6.97. The van der Waals surface area contributed by atoms with Crippen LogP contribution in [0.25, 0.3) is 16.9 Å². The molecule has 186 valence electrons. The van der Waals surface area contributed by atoms with Crippen LogP contribution in [0.5, 0.6) is 0 Å². The molecule has 0 unspecified atom stereocenters. The molecule has 1 amide bonds. The van der Waals surface area contributed by atoms with Crippen molar-refractivity contribution >= 4 is 22.9 Å². The van der Waals surface area contributed by atoms with Gasteiger partial charge in [-0.15, -0.1) is 5.10 Å². The lowest BCUT2D eigenvalue weighted by Gasteiger charge is -2.28. The summed E-state index contributed by atoms with van der Waals surface area (Å²) in [6.45, 7) is 5.84. The lowest BCUT2D eigenvalue weighted by molar-refractivity contribution is -0.115. The van der Waals surface area contributed by atoms with Gasteiger partial charge >= 0.3 is 0 Å². The summed E-state index contributed by atoms with van der Waals surface area (Å²) >= 11 is 0. The number of morpholine rings is 1. The van der Waals surface area contributed by atoms with Crippen molar-refractivity contribution in [2.24, 2.45) is 0 Å². The normalized spacial score (nSPS) is 13.9. The molecule has 1 aliphatic heterocycles. The molecule has 8 heteroatoms. The Morgan fingerprint density at radius 3 is 2.44 bits per heavy atom. The number of amides is 1. The molecule has 2 aromatic carbocycles. The Morgan fingerprint density at radius 2 is 1.75 bits per heavy atom. The van der Waals surface area contributed by atoms with Crippen LogP contribution >= 0.6 is 0 Å². The second-order valence-corrected chi connectivity index (χ2v) is 9.56. The molecule has 0 spiro atoms. The summed E-state index contributed by atoms with van der Waals surface area (Å²) in [7, 11) is 4.12. The van der Waals surface area contributed by atoms with Gasteiger partial charge in [0.2, 0.25) is 5.91 Å². The quantitative estimate of drug-likeness (QED) is 0.430. The van der Waals surface area contributed by atoms with Crippen molar-refractivity contribution < 1.29 is 9.53 Å². The van der Waals surface area contributed by atoms with Crippen LogP contribution in [-0.2, 0) is 22.5 Å². The van der Waals surface area contributed by atoms with Crippen molar-refractivity contribution in [2.45, 2.75) is 19.9 Å². The minimum absolute atomic E-state index is 0.0420. The van der Waals surface area contributed by atoms with Gasteiger partial charge in [-0.1, -0.05) is 29.8 Å². The molecular weight excluding hydrogens is 452 g/mol. The van der Waals surface area contributed by atoms with Gasteiger partial charge in [0, 0.05) is 37.1 Å². The summed E-state index contributed by atoms with van der Waals surface area (Å²) in [5, 5.41) is 7.81. The summed E-state index contributed by atoms with van der Waals surface area (Å²) in [5.74, 6) is 1.52. The third-order valence-electron chi connectivity index (χ3n) is 6.22. The average Bonchev–Trinajstić information content (AvgIpc) is 3.27. The topological polar surface area (TPSA) is 75.0 Å². The zero-order chi connectivity index (χ0) is 25.1. The molecule has 1 aliphatic rings. The molecule has 0 radical (unpaired) electrons. The molecule has 0 bridgehead atoms. The van der Waals surface area contributed by atoms with Gasteiger partial charge in [0.25, 0.3) is 0 Å². The zero-order valence-electron chi connectivity index (χ0n) is 21.1. The number of carbonyl (C=O) groups is 1. The second-order valence-electron chi connectivity index (χ2n) is 9.56. The zero-order valence-corrected chi connectivity index (χ0v) is 21.1. The highest BCUT2D eigenvalue weighted by atomic mass is 16.5. The van der Waals surface area contributed by atoms with Gasteiger partial charge in [-0.05, 0) is 62.5 Å². The van der Waals surface area contributed by atoms with E-state index in [0.29, 0.717) is 25.5 Å². The highest BCUT2D eigenvalue weighted by Gasteiger charge is 2.19. The third-order valence-corrected chi connectivity index (χ3v) is 6.22. The predicted octanol–water partition coefficient (Wildman–Crippen LogP) is 3.78. The van der Waals surface area contributed by atoms with E-state index in [1.807, 2.05) is 60.0 Å². The van der Waals surface area contributed by atoms with Crippen LogP contribution in [0.3, 0.4) is 0 Å². The van der Waals surface area contributed by atoms with Gasteiger partial charge in [0.15, 0.2) is 11.6 Å². The first-order chi connectivity index (χ1) is 17.4. The molecule has 0 atom stereocenters. The van der Waals surface area contributed by atoms with Crippen LogP contribution in [-0.4, -0.2) is 65.8 Å². The number of fused-ring (bicyclic) bond motifs is 1. The fraction of sp³-hybridized carbons (Fsp3) is 0.321. The molecule has 4 aromatic rings. The number of nitrogens with zero attached hydrogens (tertiary/aromatic N) is 5. The minimum atomic E-state index is -0.0420. The van der Waals surface area contributed by atoms with Crippen molar-refractivity contribution in [3.05, 3.63) is 77.5 Å². The molecule has 0 aliphatic carbocycles. The number of aryl methyl sites for hydroxylation is 1. The van der Waals surface area contributed by atoms with Crippen molar-refractivity contribution in [3.63, 3.8) is 0 Å². The lowest BCUT2D eigenvalue weighted by Crippen LogP contribution is -2.37. The maximum Gasteiger partial charge on any atom is 0.228 e. The van der Waals surface area contributed by atoms with E-state index < -0.39 is 0 Å². The summed E-state index contributed by atoms with van der Waals surface area (Å²) in [5.41, 5.74) is 6.00. The van der Waals surface area contributed by atoms with Crippen LogP contribution in [0, 0.1) is 6.92 Å². The van der Waals surface area contributed by atoms with E-state index in [9.17, 15) is 4.79 Å². The monoisotopic (exact) mass is 484 g/mol. The van der Waals surface area contributed by atoms with E-state index in [1.165, 1.54) is 11.1 Å². The van der Waals surface area contributed by atoms with Crippen LogP contribution in [0.1, 0.15) is 16.7 Å². The SMILES string of the molecule is Cc1ccc(CC(=O)Nc2ccc(-c3nc(N4CCOCC4)c4cc(CN(C)C)cn4n3)cc2)cc1. The van der Waals surface area contributed by atoms with Crippen molar-refractivity contribution in [1.29, 1.82) is 0 Å². The van der Waals surface area contributed by atoms with Gasteiger partial charge in [-0.25, -0.2) is 9.50 Å². The highest BCUT2D eigenvalue weighted by molar-refractivity contribution is 5.92. The molecule has 2 aromatic heterocycles.